The standard InChI is InChI=1S/C24H24N4O2S/c1-27(2)24(29)22-21(18-8-5-11-26-23(18)31-22)20-15-28(12-13-30-20)14-16-6-3-9-19-17(16)7-4-10-25-19/h3-11,20H,12-15H2,1-2H3. The van der Waals surface area contributed by atoms with Crippen molar-refractivity contribution >= 4 is 38.4 Å². The normalized spacial score (nSPS) is 17.3. The lowest BCUT2D eigenvalue weighted by atomic mass is 10.0. The molecule has 4 heterocycles. The van der Waals surface area contributed by atoms with Gasteiger partial charge in [-0.1, -0.05) is 24.3 Å². The van der Waals surface area contributed by atoms with Gasteiger partial charge >= 0.3 is 0 Å². The third kappa shape index (κ3) is 3.80. The summed E-state index contributed by atoms with van der Waals surface area (Å²) in [5, 5.41) is 2.20. The van der Waals surface area contributed by atoms with E-state index >= 15 is 0 Å². The fourth-order valence-electron chi connectivity index (χ4n) is 4.20. The number of rotatable bonds is 4. The van der Waals surface area contributed by atoms with Crippen LogP contribution in [0.25, 0.3) is 21.1 Å². The Morgan fingerprint density at radius 3 is 2.77 bits per heavy atom. The number of thiophene rings is 1. The van der Waals surface area contributed by atoms with Crippen molar-refractivity contribution in [2.75, 3.05) is 33.8 Å². The molecule has 4 aromatic rings. The molecule has 6 nitrogen and oxygen atoms in total. The van der Waals surface area contributed by atoms with Crippen LogP contribution in [0.4, 0.5) is 0 Å². The molecule has 31 heavy (non-hydrogen) atoms. The van der Waals surface area contributed by atoms with Crippen LogP contribution >= 0.6 is 11.3 Å². The summed E-state index contributed by atoms with van der Waals surface area (Å²) in [4.78, 5) is 27.5. The van der Waals surface area contributed by atoms with E-state index in [2.05, 4.69) is 33.1 Å². The monoisotopic (exact) mass is 432 g/mol. The first-order chi connectivity index (χ1) is 15.1. The van der Waals surface area contributed by atoms with Crippen molar-refractivity contribution in [2.45, 2.75) is 12.6 Å². The molecule has 1 aliphatic rings. The Morgan fingerprint density at radius 2 is 1.94 bits per heavy atom. The zero-order valence-electron chi connectivity index (χ0n) is 17.6. The number of aromatic nitrogens is 2. The van der Waals surface area contributed by atoms with Gasteiger partial charge in [0.25, 0.3) is 5.91 Å². The van der Waals surface area contributed by atoms with Crippen molar-refractivity contribution in [3.05, 3.63) is 70.9 Å². The van der Waals surface area contributed by atoms with Crippen LogP contribution in [-0.2, 0) is 11.3 Å². The molecular formula is C24H24N4O2S. The topological polar surface area (TPSA) is 58.6 Å². The van der Waals surface area contributed by atoms with Gasteiger partial charge in [-0.05, 0) is 23.8 Å². The van der Waals surface area contributed by atoms with E-state index in [1.807, 2.05) is 30.5 Å². The summed E-state index contributed by atoms with van der Waals surface area (Å²) in [6, 6.07) is 14.4. The molecule has 0 aliphatic carbocycles. The molecule has 0 N–H and O–H groups in total. The minimum absolute atomic E-state index is 0.00106. The fourth-order valence-corrected chi connectivity index (χ4v) is 5.42. The highest BCUT2D eigenvalue weighted by molar-refractivity contribution is 7.20. The Morgan fingerprint density at radius 1 is 1.13 bits per heavy atom. The molecular weight excluding hydrogens is 408 g/mol. The number of hydrogen-bond donors (Lipinski definition) is 0. The second-order valence-corrected chi connectivity index (χ2v) is 8.98. The number of carbonyl (C=O) groups excluding carboxylic acids is 1. The summed E-state index contributed by atoms with van der Waals surface area (Å²) in [6.45, 7) is 3.02. The predicted molar refractivity (Wildman–Crippen MR) is 123 cm³/mol. The molecule has 7 heteroatoms. The van der Waals surface area contributed by atoms with E-state index in [4.69, 9.17) is 4.74 Å². The molecule has 1 atom stereocenters. The van der Waals surface area contributed by atoms with E-state index in [-0.39, 0.29) is 12.0 Å². The van der Waals surface area contributed by atoms with E-state index in [0.717, 1.165) is 45.8 Å². The second-order valence-electron chi connectivity index (χ2n) is 7.98. The zero-order valence-corrected chi connectivity index (χ0v) is 18.4. The third-order valence-electron chi connectivity index (χ3n) is 5.71. The number of amides is 1. The molecule has 1 saturated heterocycles. The Labute approximate surface area is 185 Å². The van der Waals surface area contributed by atoms with Gasteiger partial charge in [-0.2, -0.15) is 0 Å². The van der Waals surface area contributed by atoms with Gasteiger partial charge in [0, 0.05) is 62.5 Å². The average molecular weight is 433 g/mol. The SMILES string of the molecule is CN(C)C(=O)c1sc2ncccc2c1C1CN(Cc2cccc3ncccc23)CCO1. The molecule has 5 rings (SSSR count). The van der Waals surface area contributed by atoms with Crippen LogP contribution in [-0.4, -0.2) is 59.5 Å². The van der Waals surface area contributed by atoms with E-state index in [1.54, 1.807) is 25.2 Å². The zero-order chi connectivity index (χ0) is 21.4. The molecule has 0 radical (unpaired) electrons. The van der Waals surface area contributed by atoms with Crippen molar-refractivity contribution in [3.63, 3.8) is 0 Å². The number of morpholine rings is 1. The molecule has 1 fully saturated rings. The molecule has 0 bridgehead atoms. The van der Waals surface area contributed by atoms with Crippen LogP contribution in [0.1, 0.15) is 26.9 Å². The van der Waals surface area contributed by atoms with E-state index in [1.165, 1.54) is 22.3 Å². The number of fused-ring (bicyclic) bond motifs is 2. The van der Waals surface area contributed by atoms with E-state index in [0.29, 0.717) is 6.61 Å². The van der Waals surface area contributed by atoms with Gasteiger partial charge in [0.1, 0.15) is 9.71 Å². The summed E-state index contributed by atoms with van der Waals surface area (Å²) in [6.07, 6.45) is 3.43. The van der Waals surface area contributed by atoms with Gasteiger partial charge in [0.05, 0.1) is 18.2 Å². The Hall–Kier alpha value is -2.87. The first kappa shape index (κ1) is 20.1. The van der Waals surface area contributed by atoms with Crippen LogP contribution in [0.2, 0.25) is 0 Å². The lowest BCUT2D eigenvalue weighted by Gasteiger charge is -2.33. The van der Waals surface area contributed by atoms with Crippen LogP contribution in [0.15, 0.2) is 54.9 Å². The van der Waals surface area contributed by atoms with Crippen LogP contribution < -0.4 is 0 Å². The minimum Gasteiger partial charge on any atom is -0.371 e. The highest BCUT2D eigenvalue weighted by Gasteiger charge is 2.30. The first-order valence-corrected chi connectivity index (χ1v) is 11.2. The van der Waals surface area contributed by atoms with Crippen molar-refractivity contribution in [1.82, 2.24) is 19.8 Å². The maximum absolute atomic E-state index is 12.9. The van der Waals surface area contributed by atoms with Crippen molar-refractivity contribution < 1.29 is 9.53 Å². The summed E-state index contributed by atoms with van der Waals surface area (Å²) in [7, 11) is 3.57. The summed E-state index contributed by atoms with van der Waals surface area (Å²) < 4.78 is 6.21. The Balaban J connectivity index is 1.47. The lowest BCUT2D eigenvalue weighted by Crippen LogP contribution is -2.38. The van der Waals surface area contributed by atoms with Crippen LogP contribution in [0.5, 0.6) is 0 Å². The summed E-state index contributed by atoms with van der Waals surface area (Å²) in [5.41, 5.74) is 3.24. The molecule has 1 unspecified atom stereocenters. The van der Waals surface area contributed by atoms with Crippen molar-refractivity contribution in [1.29, 1.82) is 0 Å². The fraction of sp³-hybridized carbons (Fsp3) is 0.292. The molecule has 1 aliphatic heterocycles. The van der Waals surface area contributed by atoms with Crippen LogP contribution in [0.3, 0.4) is 0 Å². The van der Waals surface area contributed by atoms with Crippen LogP contribution in [0, 0.1) is 0 Å². The smallest absolute Gasteiger partial charge is 0.263 e. The lowest BCUT2D eigenvalue weighted by molar-refractivity contribution is -0.0322. The molecule has 1 amide bonds. The van der Waals surface area contributed by atoms with Gasteiger partial charge in [0.15, 0.2) is 0 Å². The average Bonchev–Trinajstić information content (AvgIpc) is 3.18. The quantitative estimate of drug-likeness (QED) is 0.486. The highest BCUT2D eigenvalue weighted by Crippen LogP contribution is 2.38. The molecule has 1 aromatic carbocycles. The molecule has 0 spiro atoms. The Bertz CT molecular complexity index is 1250. The summed E-state index contributed by atoms with van der Waals surface area (Å²) >= 11 is 1.45. The number of carbonyl (C=O) groups is 1. The number of benzene rings is 1. The first-order valence-electron chi connectivity index (χ1n) is 10.4. The van der Waals surface area contributed by atoms with Gasteiger partial charge in [0.2, 0.25) is 0 Å². The second kappa shape index (κ2) is 8.34. The summed E-state index contributed by atoms with van der Waals surface area (Å²) in [5.74, 6) is -0.00106. The molecule has 0 saturated carbocycles. The highest BCUT2D eigenvalue weighted by atomic mass is 32.1. The van der Waals surface area contributed by atoms with E-state index < -0.39 is 0 Å². The number of hydrogen-bond acceptors (Lipinski definition) is 6. The van der Waals surface area contributed by atoms with Gasteiger partial charge in [-0.3, -0.25) is 14.7 Å². The Kier molecular flexibility index (Phi) is 5.40. The van der Waals surface area contributed by atoms with E-state index in [9.17, 15) is 4.79 Å². The van der Waals surface area contributed by atoms with Crippen molar-refractivity contribution in [3.8, 4) is 0 Å². The minimum atomic E-state index is -0.168. The molecule has 3 aromatic heterocycles. The van der Waals surface area contributed by atoms with Gasteiger partial charge in [-0.25, -0.2) is 4.98 Å². The molecule has 158 valence electrons. The van der Waals surface area contributed by atoms with Gasteiger partial charge in [-0.15, -0.1) is 11.3 Å². The third-order valence-corrected chi connectivity index (χ3v) is 6.82. The maximum Gasteiger partial charge on any atom is 0.263 e. The maximum atomic E-state index is 12.9. The number of nitrogens with zero attached hydrogens (tertiary/aromatic N) is 4. The number of ether oxygens (including phenoxy) is 1. The largest absolute Gasteiger partial charge is 0.371 e. The number of pyridine rings is 2. The predicted octanol–water partition coefficient (Wildman–Crippen LogP) is 4.12. The van der Waals surface area contributed by atoms with Crippen molar-refractivity contribution in [2.24, 2.45) is 0 Å². The van der Waals surface area contributed by atoms with Gasteiger partial charge < -0.3 is 9.64 Å².